The van der Waals surface area contributed by atoms with Gasteiger partial charge >= 0.3 is 0 Å². The second-order valence-electron chi connectivity index (χ2n) is 6.53. The molecule has 1 aliphatic heterocycles. The molecule has 1 N–H and O–H groups in total. The van der Waals surface area contributed by atoms with E-state index in [1.54, 1.807) is 12.1 Å². The zero-order valence-electron chi connectivity index (χ0n) is 15.2. The maximum atomic E-state index is 12.7. The second-order valence-corrected chi connectivity index (χ2v) is 11.2. The van der Waals surface area contributed by atoms with E-state index in [1.807, 2.05) is 36.9 Å². The van der Waals surface area contributed by atoms with E-state index in [-0.39, 0.29) is 12.5 Å². The van der Waals surface area contributed by atoms with Gasteiger partial charge in [0.2, 0.25) is 5.91 Å². The van der Waals surface area contributed by atoms with E-state index in [4.69, 9.17) is 0 Å². The van der Waals surface area contributed by atoms with Gasteiger partial charge < -0.3 is 5.32 Å². The molecule has 3 rings (SSSR count). The molecular weight excluding hydrogens is 450 g/mol. The zero-order chi connectivity index (χ0) is 19.6. The summed E-state index contributed by atoms with van der Waals surface area (Å²) in [5.41, 5.74) is 3.01. The summed E-state index contributed by atoms with van der Waals surface area (Å²) in [5, 5.41) is 2.95. The van der Waals surface area contributed by atoms with Crippen molar-refractivity contribution in [2.75, 3.05) is 38.0 Å². The number of aryl methyl sites for hydroxylation is 1. The standard InChI is InChI=1S/C18H22BrN3O3S2/c1-13-4-3-5-15(14(13)2)20-17(23)12-21-8-10-22(11-9-21)27(24,25)18-7-6-16(19)26-18/h3-7H,8-12H2,1-2H3,(H,20,23). The van der Waals surface area contributed by atoms with Crippen molar-refractivity contribution in [1.29, 1.82) is 0 Å². The number of nitrogens with zero attached hydrogens (tertiary/aromatic N) is 2. The predicted molar refractivity (Wildman–Crippen MR) is 112 cm³/mol. The van der Waals surface area contributed by atoms with Gasteiger partial charge in [-0.25, -0.2) is 8.42 Å². The van der Waals surface area contributed by atoms with E-state index < -0.39 is 10.0 Å². The van der Waals surface area contributed by atoms with Crippen LogP contribution in [0, 0.1) is 13.8 Å². The molecule has 6 nitrogen and oxygen atoms in total. The van der Waals surface area contributed by atoms with Crippen LogP contribution in [-0.2, 0) is 14.8 Å². The molecule has 1 aliphatic rings. The van der Waals surface area contributed by atoms with Gasteiger partial charge in [0.15, 0.2) is 0 Å². The van der Waals surface area contributed by atoms with E-state index in [2.05, 4.69) is 21.2 Å². The van der Waals surface area contributed by atoms with E-state index in [0.717, 1.165) is 20.6 Å². The highest BCUT2D eigenvalue weighted by molar-refractivity contribution is 9.11. The van der Waals surface area contributed by atoms with Crippen LogP contribution in [0.5, 0.6) is 0 Å². The summed E-state index contributed by atoms with van der Waals surface area (Å²) in [6.45, 7) is 6.08. The Bertz CT molecular complexity index is 935. The average Bonchev–Trinajstić information content (AvgIpc) is 3.07. The molecule has 0 aliphatic carbocycles. The molecule has 0 unspecified atom stereocenters. The molecule has 0 spiro atoms. The fourth-order valence-electron chi connectivity index (χ4n) is 2.97. The van der Waals surface area contributed by atoms with E-state index in [0.29, 0.717) is 30.4 Å². The van der Waals surface area contributed by atoms with Gasteiger partial charge in [0.05, 0.1) is 10.3 Å². The minimum atomic E-state index is -3.46. The lowest BCUT2D eigenvalue weighted by Crippen LogP contribution is -2.50. The number of thiophene rings is 1. The summed E-state index contributed by atoms with van der Waals surface area (Å²) < 4.78 is 27.9. The number of hydrogen-bond acceptors (Lipinski definition) is 5. The number of benzene rings is 1. The van der Waals surface area contributed by atoms with Crippen LogP contribution in [0.25, 0.3) is 0 Å². The molecule has 0 saturated carbocycles. The van der Waals surface area contributed by atoms with Crippen LogP contribution in [0.15, 0.2) is 38.3 Å². The number of piperazine rings is 1. The molecule has 0 radical (unpaired) electrons. The maximum absolute atomic E-state index is 12.7. The normalized spacial score (nSPS) is 16.4. The molecule has 1 fully saturated rings. The van der Waals surface area contributed by atoms with Gasteiger partial charge in [-0.15, -0.1) is 11.3 Å². The lowest BCUT2D eigenvalue weighted by atomic mass is 10.1. The SMILES string of the molecule is Cc1cccc(NC(=O)CN2CCN(S(=O)(=O)c3ccc(Br)s3)CC2)c1C. The molecule has 146 valence electrons. The summed E-state index contributed by atoms with van der Waals surface area (Å²) in [6.07, 6.45) is 0. The smallest absolute Gasteiger partial charge is 0.252 e. The van der Waals surface area contributed by atoms with Crippen LogP contribution in [-0.4, -0.2) is 56.3 Å². The number of amides is 1. The van der Waals surface area contributed by atoms with Crippen LogP contribution in [0.3, 0.4) is 0 Å². The number of carbonyl (C=O) groups excluding carboxylic acids is 1. The summed E-state index contributed by atoms with van der Waals surface area (Å²) in [4.78, 5) is 14.3. The highest BCUT2D eigenvalue weighted by Gasteiger charge is 2.30. The average molecular weight is 472 g/mol. The number of hydrogen-bond donors (Lipinski definition) is 1. The van der Waals surface area contributed by atoms with Crippen LogP contribution < -0.4 is 5.32 Å². The van der Waals surface area contributed by atoms with Crippen molar-refractivity contribution in [3.05, 3.63) is 45.2 Å². The molecular formula is C18H22BrN3O3S2. The number of rotatable bonds is 5. The van der Waals surface area contributed by atoms with Crippen molar-refractivity contribution in [3.63, 3.8) is 0 Å². The molecule has 2 aromatic rings. The fraction of sp³-hybridized carbons (Fsp3) is 0.389. The van der Waals surface area contributed by atoms with Crippen molar-refractivity contribution >= 4 is 48.9 Å². The van der Waals surface area contributed by atoms with Gasteiger partial charge in [0.25, 0.3) is 10.0 Å². The highest BCUT2D eigenvalue weighted by Crippen LogP contribution is 2.29. The lowest BCUT2D eigenvalue weighted by Gasteiger charge is -2.33. The molecule has 0 bridgehead atoms. The monoisotopic (exact) mass is 471 g/mol. The Balaban J connectivity index is 1.55. The predicted octanol–water partition coefficient (Wildman–Crippen LogP) is 3.07. The number of nitrogens with one attached hydrogen (secondary N) is 1. The molecule has 27 heavy (non-hydrogen) atoms. The Labute approximate surface area is 172 Å². The largest absolute Gasteiger partial charge is 0.325 e. The van der Waals surface area contributed by atoms with Crippen molar-refractivity contribution in [1.82, 2.24) is 9.21 Å². The number of anilines is 1. The van der Waals surface area contributed by atoms with E-state index >= 15 is 0 Å². The van der Waals surface area contributed by atoms with Crippen LogP contribution >= 0.6 is 27.3 Å². The van der Waals surface area contributed by atoms with Crippen molar-refractivity contribution < 1.29 is 13.2 Å². The lowest BCUT2D eigenvalue weighted by molar-refractivity contribution is -0.117. The number of carbonyl (C=O) groups is 1. The quantitative estimate of drug-likeness (QED) is 0.727. The third kappa shape index (κ3) is 4.78. The molecule has 1 saturated heterocycles. The molecule has 1 aromatic carbocycles. The van der Waals surface area contributed by atoms with Gasteiger partial charge in [-0.05, 0) is 59.1 Å². The van der Waals surface area contributed by atoms with Crippen LogP contribution in [0.4, 0.5) is 5.69 Å². The molecule has 2 heterocycles. The van der Waals surface area contributed by atoms with Gasteiger partial charge in [-0.1, -0.05) is 12.1 Å². The maximum Gasteiger partial charge on any atom is 0.252 e. The van der Waals surface area contributed by atoms with Gasteiger partial charge in [-0.3, -0.25) is 9.69 Å². The third-order valence-corrected chi connectivity index (χ3v) is 8.71. The first-order valence-corrected chi connectivity index (χ1v) is 11.7. The van der Waals surface area contributed by atoms with Crippen molar-refractivity contribution in [2.45, 2.75) is 18.1 Å². The van der Waals surface area contributed by atoms with E-state index in [9.17, 15) is 13.2 Å². The Hall–Kier alpha value is -1.26. The van der Waals surface area contributed by atoms with Crippen LogP contribution in [0.1, 0.15) is 11.1 Å². The highest BCUT2D eigenvalue weighted by atomic mass is 79.9. The first kappa shape index (κ1) is 20.5. The van der Waals surface area contributed by atoms with Crippen molar-refractivity contribution in [3.8, 4) is 0 Å². The van der Waals surface area contributed by atoms with Gasteiger partial charge in [-0.2, -0.15) is 4.31 Å². The third-order valence-electron chi connectivity index (χ3n) is 4.72. The van der Waals surface area contributed by atoms with Crippen molar-refractivity contribution in [2.24, 2.45) is 0 Å². The molecule has 9 heteroatoms. The van der Waals surface area contributed by atoms with Gasteiger partial charge in [0.1, 0.15) is 4.21 Å². The Kier molecular flexibility index (Phi) is 6.37. The topological polar surface area (TPSA) is 69.7 Å². The Morgan fingerprint density at radius 2 is 1.85 bits per heavy atom. The Morgan fingerprint density at radius 3 is 2.48 bits per heavy atom. The van der Waals surface area contributed by atoms with Gasteiger partial charge in [0, 0.05) is 31.9 Å². The first-order chi connectivity index (χ1) is 12.8. The van der Waals surface area contributed by atoms with E-state index in [1.165, 1.54) is 15.6 Å². The summed E-state index contributed by atoms with van der Waals surface area (Å²) in [5.74, 6) is -0.0813. The van der Waals surface area contributed by atoms with Crippen LogP contribution in [0.2, 0.25) is 0 Å². The summed E-state index contributed by atoms with van der Waals surface area (Å²) in [7, 11) is -3.46. The Morgan fingerprint density at radius 1 is 1.15 bits per heavy atom. The molecule has 1 aromatic heterocycles. The number of sulfonamides is 1. The zero-order valence-corrected chi connectivity index (χ0v) is 18.5. The first-order valence-electron chi connectivity index (χ1n) is 8.61. The molecule has 1 amide bonds. The summed E-state index contributed by atoms with van der Waals surface area (Å²) in [6, 6.07) is 9.19. The minimum absolute atomic E-state index is 0.0813. The fourth-order valence-corrected chi connectivity index (χ4v) is 6.56. The summed E-state index contributed by atoms with van der Waals surface area (Å²) >= 11 is 4.52. The second kappa shape index (κ2) is 8.40. The minimum Gasteiger partial charge on any atom is -0.325 e. The number of halogens is 1. The molecule has 0 atom stereocenters.